The number of rotatable bonds is 6. The SMILES string of the molecule is Cc1cc(NC(=O)CC2=CC=C(Oc3ccnc4cc(C(=O)N5CCC5)sc34)C(C)C2)no1. The topological polar surface area (TPSA) is 97.6 Å². The molecule has 0 spiro atoms. The molecule has 1 saturated heterocycles. The highest BCUT2D eigenvalue weighted by molar-refractivity contribution is 7.21. The predicted octanol–water partition coefficient (Wildman–Crippen LogP) is 4.70. The molecule has 3 aromatic rings. The van der Waals surface area contributed by atoms with Gasteiger partial charge in [-0.3, -0.25) is 14.6 Å². The van der Waals surface area contributed by atoms with E-state index in [0.29, 0.717) is 28.6 Å². The fraction of sp³-hybridized carbons (Fsp3) is 0.333. The van der Waals surface area contributed by atoms with Crippen LogP contribution in [0.4, 0.5) is 5.82 Å². The largest absolute Gasteiger partial charge is 0.460 e. The second-order valence-corrected chi connectivity index (χ2v) is 9.48. The Kier molecular flexibility index (Phi) is 5.72. The Labute approximate surface area is 194 Å². The van der Waals surface area contributed by atoms with Gasteiger partial charge in [-0.05, 0) is 31.9 Å². The van der Waals surface area contributed by atoms with Crippen molar-refractivity contribution in [2.24, 2.45) is 5.92 Å². The highest BCUT2D eigenvalue weighted by Crippen LogP contribution is 2.36. The quantitative estimate of drug-likeness (QED) is 0.568. The third-order valence-electron chi connectivity index (χ3n) is 5.78. The van der Waals surface area contributed by atoms with Crippen LogP contribution in [0.25, 0.3) is 10.2 Å². The van der Waals surface area contributed by atoms with Gasteiger partial charge in [0.15, 0.2) is 5.82 Å². The van der Waals surface area contributed by atoms with Crippen LogP contribution in [-0.4, -0.2) is 39.9 Å². The molecule has 2 amide bonds. The third-order valence-corrected chi connectivity index (χ3v) is 6.90. The van der Waals surface area contributed by atoms with Gasteiger partial charge >= 0.3 is 0 Å². The lowest BCUT2D eigenvalue weighted by molar-refractivity contribution is -0.115. The minimum absolute atomic E-state index is 0.0621. The summed E-state index contributed by atoms with van der Waals surface area (Å²) in [4.78, 5) is 31.9. The van der Waals surface area contributed by atoms with Crippen LogP contribution in [0.5, 0.6) is 5.75 Å². The minimum atomic E-state index is -0.131. The van der Waals surface area contributed by atoms with E-state index in [2.05, 4.69) is 22.4 Å². The van der Waals surface area contributed by atoms with Gasteiger partial charge in [-0.15, -0.1) is 11.3 Å². The number of aryl methyl sites for hydroxylation is 1. The number of anilines is 1. The summed E-state index contributed by atoms with van der Waals surface area (Å²) in [6, 6.07) is 5.36. The van der Waals surface area contributed by atoms with Crippen LogP contribution in [-0.2, 0) is 4.79 Å². The molecule has 4 heterocycles. The number of likely N-dealkylation sites (tertiary alicyclic amines) is 1. The van der Waals surface area contributed by atoms with Crippen LogP contribution in [0.1, 0.15) is 41.6 Å². The molecular formula is C24H24N4O4S. The molecule has 1 aliphatic heterocycles. The fourth-order valence-corrected chi connectivity index (χ4v) is 4.95. The van der Waals surface area contributed by atoms with Gasteiger partial charge in [0.25, 0.3) is 5.91 Å². The molecule has 0 radical (unpaired) electrons. The number of nitrogens with zero attached hydrogens (tertiary/aromatic N) is 3. The van der Waals surface area contributed by atoms with Crippen molar-refractivity contribution in [2.75, 3.05) is 18.4 Å². The Morgan fingerprint density at radius 2 is 2.15 bits per heavy atom. The molecule has 33 heavy (non-hydrogen) atoms. The van der Waals surface area contributed by atoms with E-state index < -0.39 is 0 Å². The Hall–Kier alpha value is -3.46. The first-order valence-corrected chi connectivity index (χ1v) is 11.8. The van der Waals surface area contributed by atoms with E-state index in [1.165, 1.54) is 11.3 Å². The van der Waals surface area contributed by atoms with E-state index in [9.17, 15) is 9.59 Å². The fourth-order valence-electron chi connectivity index (χ4n) is 3.91. The van der Waals surface area contributed by atoms with Crippen molar-refractivity contribution in [2.45, 2.75) is 33.1 Å². The number of hydrogen-bond acceptors (Lipinski definition) is 7. The van der Waals surface area contributed by atoms with E-state index in [1.807, 2.05) is 29.2 Å². The van der Waals surface area contributed by atoms with Gasteiger partial charge in [0.05, 0.1) is 15.1 Å². The summed E-state index contributed by atoms with van der Waals surface area (Å²) in [5.74, 6) is 2.63. The van der Waals surface area contributed by atoms with Crippen molar-refractivity contribution in [1.29, 1.82) is 0 Å². The smallest absolute Gasteiger partial charge is 0.264 e. The van der Waals surface area contributed by atoms with Crippen molar-refractivity contribution >= 4 is 39.2 Å². The second kappa shape index (κ2) is 8.82. The summed E-state index contributed by atoms with van der Waals surface area (Å²) in [6.45, 7) is 5.49. The Bertz CT molecular complexity index is 1280. The van der Waals surface area contributed by atoms with Gasteiger partial charge in [0, 0.05) is 43.8 Å². The van der Waals surface area contributed by atoms with Crippen LogP contribution in [0.15, 0.2) is 52.4 Å². The van der Waals surface area contributed by atoms with E-state index in [0.717, 1.165) is 41.1 Å². The second-order valence-electron chi connectivity index (χ2n) is 8.43. The Morgan fingerprint density at radius 3 is 2.85 bits per heavy atom. The summed E-state index contributed by atoms with van der Waals surface area (Å²) in [5.41, 5.74) is 1.78. The highest BCUT2D eigenvalue weighted by atomic mass is 32.1. The van der Waals surface area contributed by atoms with Crippen molar-refractivity contribution in [1.82, 2.24) is 15.0 Å². The number of carbonyl (C=O) groups is 2. The first kappa shape index (κ1) is 21.4. The molecule has 2 aliphatic rings. The van der Waals surface area contributed by atoms with Gasteiger partial charge in [-0.25, -0.2) is 0 Å². The van der Waals surface area contributed by atoms with E-state index in [4.69, 9.17) is 9.26 Å². The summed E-state index contributed by atoms with van der Waals surface area (Å²) in [5, 5.41) is 6.54. The van der Waals surface area contributed by atoms with Crippen LogP contribution in [0.2, 0.25) is 0 Å². The maximum absolute atomic E-state index is 12.6. The third kappa shape index (κ3) is 4.54. The summed E-state index contributed by atoms with van der Waals surface area (Å²) >= 11 is 1.42. The van der Waals surface area contributed by atoms with Gasteiger partial charge in [0.1, 0.15) is 17.3 Å². The van der Waals surface area contributed by atoms with E-state index >= 15 is 0 Å². The maximum atomic E-state index is 12.6. The van der Waals surface area contributed by atoms with Crippen LogP contribution >= 0.6 is 11.3 Å². The number of amides is 2. The molecule has 0 bridgehead atoms. The maximum Gasteiger partial charge on any atom is 0.264 e. The van der Waals surface area contributed by atoms with Gasteiger partial charge in [-0.1, -0.05) is 23.7 Å². The summed E-state index contributed by atoms with van der Waals surface area (Å²) in [6.07, 6.45) is 7.62. The molecule has 1 N–H and O–H groups in total. The predicted molar refractivity (Wildman–Crippen MR) is 125 cm³/mol. The van der Waals surface area contributed by atoms with Crippen molar-refractivity contribution in [3.05, 3.63) is 58.5 Å². The molecule has 1 aliphatic carbocycles. The summed E-state index contributed by atoms with van der Waals surface area (Å²) in [7, 11) is 0. The van der Waals surface area contributed by atoms with Crippen molar-refractivity contribution in [3.63, 3.8) is 0 Å². The lowest BCUT2D eigenvalue weighted by Crippen LogP contribution is -2.41. The molecule has 9 heteroatoms. The first-order chi connectivity index (χ1) is 16.0. The number of carbonyl (C=O) groups excluding carboxylic acids is 2. The average molecular weight is 465 g/mol. The monoisotopic (exact) mass is 464 g/mol. The van der Waals surface area contributed by atoms with Crippen LogP contribution in [0.3, 0.4) is 0 Å². The molecule has 1 fully saturated rings. The molecule has 5 rings (SSSR count). The number of nitrogens with one attached hydrogen (secondary N) is 1. The molecule has 1 atom stereocenters. The number of aromatic nitrogens is 2. The van der Waals surface area contributed by atoms with Crippen LogP contribution < -0.4 is 10.1 Å². The lowest BCUT2D eigenvalue weighted by atomic mass is 9.92. The number of fused-ring (bicyclic) bond motifs is 1. The van der Waals surface area contributed by atoms with E-state index in [-0.39, 0.29) is 24.2 Å². The zero-order valence-corrected chi connectivity index (χ0v) is 19.3. The molecule has 3 aromatic heterocycles. The van der Waals surface area contributed by atoms with Crippen LogP contribution in [0, 0.1) is 12.8 Å². The zero-order valence-electron chi connectivity index (χ0n) is 18.5. The number of thiophene rings is 1. The van der Waals surface area contributed by atoms with Crippen molar-refractivity contribution in [3.8, 4) is 5.75 Å². The minimum Gasteiger partial charge on any atom is -0.460 e. The number of allylic oxidation sites excluding steroid dienone is 3. The normalized spacial score (nSPS) is 17.9. The highest BCUT2D eigenvalue weighted by Gasteiger charge is 2.25. The molecular weight excluding hydrogens is 440 g/mol. The zero-order chi connectivity index (χ0) is 22.9. The molecule has 1 unspecified atom stereocenters. The lowest BCUT2D eigenvalue weighted by Gasteiger charge is -2.30. The molecule has 8 nitrogen and oxygen atoms in total. The number of ether oxygens (including phenoxy) is 1. The van der Waals surface area contributed by atoms with E-state index in [1.54, 1.807) is 19.2 Å². The molecule has 0 saturated carbocycles. The van der Waals surface area contributed by atoms with Gasteiger partial charge in [-0.2, -0.15) is 0 Å². The Morgan fingerprint density at radius 1 is 1.30 bits per heavy atom. The number of pyridine rings is 1. The molecule has 0 aromatic carbocycles. The molecule has 170 valence electrons. The standard InChI is InChI=1S/C24H24N4O4S/c1-14-10-16(12-22(29)26-21-11-15(2)32-27-21)4-5-18(14)31-19-6-7-25-17-13-20(33-23(17)19)24(30)28-8-3-9-28/h4-7,11,13-14H,3,8-10,12H2,1-2H3,(H,26,27,29). The summed E-state index contributed by atoms with van der Waals surface area (Å²) < 4.78 is 12.1. The van der Waals surface area contributed by atoms with Crippen molar-refractivity contribution < 1.29 is 18.8 Å². The Balaban J connectivity index is 1.29. The van der Waals surface area contributed by atoms with Gasteiger partial charge in [0.2, 0.25) is 5.91 Å². The van der Waals surface area contributed by atoms with Gasteiger partial charge < -0.3 is 19.5 Å². The first-order valence-electron chi connectivity index (χ1n) is 10.9. The number of hydrogen-bond donors (Lipinski definition) is 1. The average Bonchev–Trinajstić information content (AvgIpc) is 3.35.